The second kappa shape index (κ2) is 5.03. The first-order chi connectivity index (χ1) is 8.60. The molecule has 4 nitrogen and oxygen atoms in total. The van der Waals surface area contributed by atoms with Crippen LogP contribution in [0, 0.1) is 25.2 Å². The molecule has 90 valence electrons. The van der Waals surface area contributed by atoms with Gasteiger partial charge in [-0.15, -0.1) is 0 Å². The first-order valence-corrected chi connectivity index (χ1v) is 5.74. The Morgan fingerprint density at radius 3 is 2.67 bits per heavy atom. The van der Waals surface area contributed by atoms with Crippen LogP contribution < -0.4 is 5.32 Å². The smallest absolute Gasteiger partial charge is 0.145 e. The molecule has 18 heavy (non-hydrogen) atoms. The minimum absolute atomic E-state index is 0.313. The monoisotopic (exact) mass is 258 g/mol. The van der Waals surface area contributed by atoms with Gasteiger partial charge < -0.3 is 5.32 Å². The molecule has 1 aromatic carbocycles. The maximum atomic E-state index is 8.78. The second-order valence-corrected chi connectivity index (χ2v) is 4.37. The van der Waals surface area contributed by atoms with E-state index in [-0.39, 0.29) is 0 Å². The van der Waals surface area contributed by atoms with Gasteiger partial charge in [-0.25, -0.2) is 9.97 Å². The molecule has 0 atom stereocenters. The third-order valence-corrected chi connectivity index (χ3v) is 2.76. The lowest BCUT2D eigenvalue weighted by molar-refractivity contribution is 1.14. The first-order valence-electron chi connectivity index (χ1n) is 5.36. The van der Waals surface area contributed by atoms with Crippen LogP contribution in [0.3, 0.4) is 0 Å². The Hall–Kier alpha value is -2.12. The highest BCUT2D eigenvalue weighted by atomic mass is 35.5. The molecular formula is C13H11ClN4. The van der Waals surface area contributed by atoms with Crippen molar-refractivity contribution >= 4 is 23.1 Å². The zero-order chi connectivity index (χ0) is 13.1. The molecule has 1 aromatic heterocycles. The summed E-state index contributed by atoms with van der Waals surface area (Å²) in [6.07, 6.45) is 1.35. The van der Waals surface area contributed by atoms with Gasteiger partial charge in [0.1, 0.15) is 23.9 Å². The standard InChI is InChI=1S/C13H11ClN4/c1-8-3-9(2)13(11(14)4-8)18-12-5-10(6-15)16-7-17-12/h3-5,7H,1-2H3,(H,16,17,18). The summed E-state index contributed by atoms with van der Waals surface area (Å²) in [6, 6.07) is 7.45. The number of aromatic nitrogens is 2. The molecule has 0 aliphatic carbocycles. The topological polar surface area (TPSA) is 61.6 Å². The average molecular weight is 259 g/mol. The Labute approximate surface area is 110 Å². The number of rotatable bonds is 2. The van der Waals surface area contributed by atoms with Crippen molar-refractivity contribution in [3.05, 3.63) is 46.4 Å². The number of anilines is 2. The van der Waals surface area contributed by atoms with Crippen LogP contribution in [0.25, 0.3) is 0 Å². The van der Waals surface area contributed by atoms with Gasteiger partial charge in [0.15, 0.2) is 0 Å². The van der Waals surface area contributed by atoms with Crippen molar-refractivity contribution in [1.29, 1.82) is 5.26 Å². The maximum absolute atomic E-state index is 8.78. The van der Waals surface area contributed by atoms with Gasteiger partial charge in [0.25, 0.3) is 0 Å². The number of aryl methyl sites for hydroxylation is 2. The summed E-state index contributed by atoms with van der Waals surface area (Å²) < 4.78 is 0. The molecule has 0 aliphatic heterocycles. The lowest BCUT2D eigenvalue weighted by atomic mass is 10.1. The highest BCUT2D eigenvalue weighted by molar-refractivity contribution is 6.33. The van der Waals surface area contributed by atoms with Crippen LogP contribution in [-0.4, -0.2) is 9.97 Å². The van der Waals surface area contributed by atoms with E-state index >= 15 is 0 Å². The normalized spacial score (nSPS) is 9.89. The molecule has 2 aromatic rings. The molecule has 0 spiro atoms. The van der Waals surface area contributed by atoms with E-state index < -0.39 is 0 Å². The number of nitriles is 1. The lowest BCUT2D eigenvalue weighted by Crippen LogP contribution is -1.98. The van der Waals surface area contributed by atoms with E-state index in [1.54, 1.807) is 6.07 Å². The molecule has 5 heteroatoms. The molecule has 1 N–H and O–H groups in total. The highest BCUT2D eigenvalue weighted by Gasteiger charge is 2.07. The fourth-order valence-corrected chi connectivity index (χ4v) is 2.06. The average Bonchev–Trinajstić information content (AvgIpc) is 2.34. The third-order valence-electron chi connectivity index (χ3n) is 2.47. The number of nitrogens with zero attached hydrogens (tertiary/aromatic N) is 3. The van der Waals surface area contributed by atoms with Crippen LogP contribution in [0.5, 0.6) is 0 Å². The summed E-state index contributed by atoms with van der Waals surface area (Å²) in [7, 11) is 0. The summed E-state index contributed by atoms with van der Waals surface area (Å²) in [5.74, 6) is 0.551. The summed E-state index contributed by atoms with van der Waals surface area (Å²) >= 11 is 6.19. The van der Waals surface area contributed by atoms with Crippen LogP contribution in [-0.2, 0) is 0 Å². The van der Waals surface area contributed by atoms with Crippen LogP contribution in [0.1, 0.15) is 16.8 Å². The van der Waals surface area contributed by atoms with E-state index in [2.05, 4.69) is 15.3 Å². The van der Waals surface area contributed by atoms with E-state index in [0.29, 0.717) is 16.5 Å². The molecule has 1 heterocycles. The first kappa shape index (κ1) is 12.3. The van der Waals surface area contributed by atoms with Crippen LogP contribution in [0.2, 0.25) is 5.02 Å². The molecule has 0 saturated carbocycles. The molecule has 0 saturated heterocycles. The minimum atomic E-state index is 0.313. The SMILES string of the molecule is Cc1cc(C)c(Nc2cc(C#N)ncn2)c(Cl)c1. The van der Waals surface area contributed by atoms with E-state index in [4.69, 9.17) is 16.9 Å². The van der Waals surface area contributed by atoms with Crippen molar-refractivity contribution in [3.63, 3.8) is 0 Å². The van der Waals surface area contributed by atoms with E-state index in [9.17, 15) is 0 Å². The predicted molar refractivity (Wildman–Crippen MR) is 71.0 cm³/mol. The van der Waals surface area contributed by atoms with Gasteiger partial charge in [0.2, 0.25) is 0 Å². The van der Waals surface area contributed by atoms with Gasteiger partial charge in [-0.05, 0) is 31.0 Å². The van der Waals surface area contributed by atoms with Gasteiger partial charge in [-0.3, -0.25) is 0 Å². The van der Waals surface area contributed by atoms with Crippen molar-refractivity contribution in [3.8, 4) is 6.07 Å². The number of hydrogen-bond acceptors (Lipinski definition) is 4. The summed E-state index contributed by atoms with van der Waals surface area (Å²) in [5, 5.41) is 12.5. The number of halogens is 1. The van der Waals surface area contributed by atoms with Crippen molar-refractivity contribution in [2.45, 2.75) is 13.8 Å². The molecule has 0 amide bonds. The Morgan fingerprint density at radius 1 is 1.22 bits per heavy atom. The maximum Gasteiger partial charge on any atom is 0.145 e. The van der Waals surface area contributed by atoms with Crippen molar-refractivity contribution in [2.24, 2.45) is 0 Å². The molecular weight excluding hydrogens is 248 g/mol. The zero-order valence-corrected chi connectivity index (χ0v) is 10.8. The molecule has 0 aliphatic rings. The second-order valence-electron chi connectivity index (χ2n) is 3.96. The van der Waals surface area contributed by atoms with E-state index in [0.717, 1.165) is 16.8 Å². The van der Waals surface area contributed by atoms with Gasteiger partial charge in [-0.2, -0.15) is 5.26 Å². The quantitative estimate of drug-likeness (QED) is 0.897. The molecule has 0 radical (unpaired) electrons. The Kier molecular flexibility index (Phi) is 3.45. The molecule has 0 unspecified atom stereocenters. The third kappa shape index (κ3) is 2.58. The fraction of sp³-hybridized carbons (Fsp3) is 0.154. The number of hydrogen-bond donors (Lipinski definition) is 1. The van der Waals surface area contributed by atoms with Crippen molar-refractivity contribution in [1.82, 2.24) is 9.97 Å². The van der Waals surface area contributed by atoms with Gasteiger partial charge >= 0.3 is 0 Å². The summed E-state index contributed by atoms with van der Waals surface area (Å²) in [6.45, 7) is 3.95. The summed E-state index contributed by atoms with van der Waals surface area (Å²) in [4.78, 5) is 7.87. The predicted octanol–water partition coefficient (Wildman–Crippen LogP) is 3.36. The van der Waals surface area contributed by atoms with Crippen LogP contribution >= 0.6 is 11.6 Å². The Bertz CT molecular complexity index is 608. The number of benzene rings is 1. The van der Waals surface area contributed by atoms with Crippen LogP contribution in [0.4, 0.5) is 11.5 Å². The van der Waals surface area contributed by atoms with Gasteiger partial charge in [0, 0.05) is 6.07 Å². The highest BCUT2D eigenvalue weighted by Crippen LogP contribution is 2.29. The Balaban J connectivity index is 2.37. The molecule has 0 bridgehead atoms. The van der Waals surface area contributed by atoms with Gasteiger partial charge in [-0.1, -0.05) is 17.7 Å². The van der Waals surface area contributed by atoms with Crippen LogP contribution in [0.15, 0.2) is 24.5 Å². The van der Waals surface area contributed by atoms with Crippen molar-refractivity contribution < 1.29 is 0 Å². The van der Waals surface area contributed by atoms with Crippen molar-refractivity contribution in [2.75, 3.05) is 5.32 Å². The molecule has 2 rings (SSSR count). The summed E-state index contributed by atoms with van der Waals surface area (Å²) in [5.41, 5.74) is 3.24. The Morgan fingerprint density at radius 2 is 2.00 bits per heavy atom. The largest absolute Gasteiger partial charge is 0.339 e. The van der Waals surface area contributed by atoms with Gasteiger partial charge in [0.05, 0.1) is 10.7 Å². The van der Waals surface area contributed by atoms with E-state index in [1.165, 1.54) is 6.33 Å². The lowest BCUT2D eigenvalue weighted by Gasteiger charge is -2.11. The minimum Gasteiger partial charge on any atom is -0.339 e. The fourth-order valence-electron chi connectivity index (χ4n) is 1.69. The zero-order valence-electron chi connectivity index (χ0n) is 10.0. The van der Waals surface area contributed by atoms with E-state index in [1.807, 2.05) is 32.0 Å². The number of nitrogens with one attached hydrogen (secondary N) is 1. The molecule has 0 fully saturated rings.